The monoisotopic (exact) mass is 398 g/mol. The summed E-state index contributed by atoms with van der Waals surface area (Å²) in [6.07, 6.45) is 6.85. The Balaban J connectivity index is 0.000000758. The Morgan fingerprint density at radius 3 is 2.50 bits per heavy atom. The zero-order valence-corrected chi connectivity index (χ0v) is 17.0. The predicted octanol–water partition coefficient (Wildman–Crippen LogP) is 5.10. The third-order valence-corrected chi connectivity index (χ3v) is 6.09. The maximum Gasteiger partial charge on any atom is 0.242 e. The van der Waals surface area contributed by atoms with Crippen LogP contribution in [-0.2, 0) is 16.4 Å². The highest BCUT2D eigenvalue weighted by molar-refractivity contribution is 7.89. The van der Waals surface area contributed by atoms with E-state index in [1.165, 1.54) is 32.6 Å². The van der Waals surface area contributed by atoms with E-state index in [2.05, 4.69) is 18.8 Å². The molecule has 1 aliphatic rings. The molecule has 0 bridgehead atoms. The quantitative estimate of drug-likeness (QED) is 0.781. The molecule has 1 N–H and O–H groups in total. The Hall–Kier alpha value is -1.63. The first-order valence-electron chi connectivity index (χ1n) is 8.53. The number of allylic oxidation sites excluding steroid dienone is 1. The topological polar surface area (TPSA) is 53.2 Å². The minimum Gasteiger partial charge on any atom is -0.357 e. The van der Waals surface area contributed by atoms with Crippen LogP contribution < -0.4 is 0 Å². The highest BCUT2D eigenvalue weighted by Gasteiger charge is 2.23. The van der Waals surface area contributed by atoms with Gasteiger partial charge in [0.15, 0.2) is 0 Å². The van der Waals surface area contributed by atoms with Gasteiger partial charge in [0, 0.05) is 30.9 Å². The number of aromatic amines is 1. The van der Waals surface area contributed by atoms with E-state index >= 15 is 0 Å². The Bertz CT molecular complexity index is 918. The Morgan fingerprint density at radius 1 is 1.27 bits per heavy atom. The van der Waals surface area contributed by atoms with E-state index in [0.717, 1.165) is 34.5 Å². The summed E-state index contributed by atoms with van der Waals surface area (Å²) in [5.41, 5.74) is 2.35. The van der Waals surface area contributed by atoms with Gasteiger partial charge < -0.3 is 4.98 Å². The number of fused-ring (bicyclic) bond motifs is 1. The molecule has 0 aliphatic heterocycles. The standard InChI is InChI=1S/C16H16ClFN2O2S.C3H8/c1-20(2)23(21,22)10-7-8-13(18)12(9-10)16-15(17)11-5-3-4-6-14(11)19-16;1-3-2/h3,5,7-9,19H,4,6H2,1-2H3;3H2,1-2H3. The summed E-state index contributed by atoms with van der Waals surface area (Å²) in [5, 5.41) is 0.411. The molecule has 1 aromatic carbocycles. The van der Waals surface area contributed by atoms with Crippen molar-refractivity contribution in [3.8, 4) is 11.3 Å². The fourth-order valence-corrected chi connectivity index (χ4v) is 3.85. The second-order valence-corrected chi connectivity index (χ2v) is 8.81. The molecule has 0 radical (unpaired) electrons. The van der Waals surface area contributed by atoms with E-state index in [0.29, 0.717) is 10.7 Å². The van der Waals surface area contributed by atoms with Crippen molar-refractivity contribution >= 4 is 27.7 Å². The van der Waals surface area contributed by atoms with Crippen LogP contribution in [0.25, 0.3) is 17.3 Å². The van der Waals surface area contributed by atoms with Crippen LogP contribution in [0.2, 0.25) is 5.02 Å². The minimum absolute atomic E-state index is 0.0260. The van der Waals surface area contributed by atoms with Crippen molar-refractivity contribution < 1.29 is 12.8 Å². The molecular weight excluding hydrogens is 375 g/mol. The number of H-pyrrole nitrogens is 1. The molecule has 4 nitrogen and oxygen atoms in total. The van der Waals surface area contributed by atoms with E-state index in [9.17, 15) is 12.8 Å². The van der Waals surface area contributed by atoms with Gasteiger partial charge in [0.1, 0.15) is 5.82 Å². The van der Waals surface area contributed by atoms with Crippen molar-refractivity contribution in [2.45, 2.75) is 38.0 Å². The number of nitrogens with zero attached hydrogens (tertiary/aromatic N) is 1. The summed E-state index contributed by atoms with van der Waals surface area (Å²) in [5.74, 6) is -0.521. The third kappa shape index (κ3) is 4.03. The van der Waals surface area contributed by atoms with Crippen molar-refractivity contribution in [1.29, 1.82) is 0 Å². The Kier molecular flexibility index (Phi) is 6.66. The number of halogens is 2. The van der Waals surface area contributed by atoms with Crippen molar-refractivity contribution in [2.24, 2.45) is 0 Å². The summed E-state index contributed by atoms with van der Waals surface area (Å²) < 4.78 is 39.9. The Morgan fingerprint density at radius 2 is 1.92 bits per heavy atom. The number of sulfonamides is 1. The number of aryl methyl sites for hydroxylation is 1. The van der Waals surface area contributed by atoms with E-state index < -0.39 is 15.8 Å². The van der Waals surface area contributed by atoms with Crippen molar-refractivity contribution in [1.82, 2.24) is 9.29 Å². The second kappa shape index (κ2) is 8.37. The molecule has 142 valence electrons. The van der Waals surface area contributed by atoms with Gasteiger partial charge in [0.2, 0.25) is 10.0 Å². The number of nitrogens with one attached hydrogen (secondary N) is 1. The first-order chi connectivity index (χ1) is 12.2. The fraction of sp³-hybridized carbons (Fsp3) is 0.368. The molecule has 0 saturated heterocycles. The lowest BCUT2D eigenvalue weighted by molar-refractivity contribution is 0.520. The molecule has 0 fully saturated rings. The highest BCUT2D eigenvalue weighted by atomic mass is 35.5. The van der Waals surface area contributed by atoms with E-state index in [4.69, 9.17) is 11.6 Å². The van der Waals surface area contributed by atoms with Crippen LogP contribution in [0.5, 0.6) is 0 Å². The van der Waals surface area contributed by atoms with Gasteiger partial charge in [-0.25, -0.2) is 17.1 Å². The summed E-state index contributed by atoms with van der Waals surface area (Å²) in [6, 6.07) is 3.72. The van der Waals surface area contributed by atoms with E-state index in [1.54, 1.807) is 0 Å². The smallest absolute Gasteiger partial charge is 0.242 e. The SMILES string of the molecule is CCC.CN(C)S(=O)(=O)c1ccc(F)c(-c2[nH]c3c(c2Cl)C=CCC3)c1. The van der Waals surface area contributed by atoms with Gasteiger partial charge in [-0.15, -0.1) is 0 Å². The Labute approximate surface area is 159 Å². The molecule has 0 amide bonds. The number of rotatable bonds is 3. The molecule has 7 heteroatoms. The molecule has 26 heavy (non-hydrogen) atoms. The lowest BCUT2D eigenvalue weighted by Crippen LogP contribution is -2.22. The van der Waals surface area contributed by atoms with Gasteiger partial charge in [-0.1, -0.05) is 44.0 Å². The third-order valence-electron chi connectivity index (χ3n) is 3.89. The van der Waals surface area contributed by atoms with Gasteiger partial charge in [0.05, 0.1) is 15.6 Å². The molecule has 0 unspecified atom stereocenters. The second-order valence-electron chi connectivity index (χ2n) is 6.28. The summed E-state index contributed by atoms with van der Waals surface area (Å²) in [6.45, 7) is 4.25. The van der Waals surface area contributed by atoms with Gasteiger partial charge in [0.25, 0.3) is 0 Å². The van der Waals surface area contributed by atoms with Crippen LogP contribution in [0, 0.1) is 5.82 Å². The first-order valence-corrected chi connectivity index (χ1v) is 10.3. The molecule has 1 aliphatic carbocycles. The van der Waals surface area contributed by atoms with Gasteiger partial charge in [-0.2, -0.15) is 0 Å². The minimum atomic E-state index is -3.64. The lowest BCUT2D eigenvalue weighted by atomic mass is 10.0. The average Bonchev–Trinajstić information content (AvgIpc) is 2.93. The maximum absolute atomic E-state index is 14.3. The largest absolute Gasteiger partial charge is 0.357 e. The van der Waals surface area contributed by atoms with Crippen molar-refractivity contribution in [3.05, 3.63) is 46.4 Å². The molecule has 0 atom stereocenters. The maximum atomic E-state index is 14.3. The number of benzene rings is 1. The molecular formula is C19H24ClFN2O2S. The molecule has 0 spiro atoms. The van der Waals surface area contributed by atoms with Crippen molar-refractivity contribution in [2.75, 3.05) is 14.1 Å². The van der Waals surface area contributed by atoms with E-state index in [-0.39, 0.29) is 10.5 Å². The van der Waals surface area contributed by atoms with Crippen LogP contribution in [0.3, 0.4) is 0 Å². The summed E-state index contributed by atoms with van der Waals surface area (Å²) >= 11 is 6.37. The zero-order chi connectivity index (χ0) is 19.5. The van der Waals surface area contributed by atoms with Crippen LogP contribution in [0.4, 0.5) is 4.39 Å². The van der Waals surface area contributed by atoms with Crippen molar-refractivity contribution in [3.63, 3.8) is 0 Å². The van der Waals surface area contributed by atoms with Gasteiger partial charge >= 0.3 is 0 Å². The average molecular weight is 399 g/mol. The number of aromatic nitrogens is 1. The highest BCUT2D eigenvalue weighted by Crippen LogP contribution is 2.37. The molecule has 1 heterocycles. The van der Waals surface area contributed by atoms with Crippen LogP contribution >= 0.6 is 11.6 Å². The number of hydrogen-bond acceptors (Lipinski definition) is 2. The first kappa shape index (κ1) is 20.7. The predicted molar refractivity (Wildman–Crippen MR) is 105 cm³/mol. The van der Waals surface area contributed by atoms with Gasteiger partial charge in [-0.3, -0.25) is 0 Å². The summed E-state index contributed by atoms with van der Waals surface area (Å²) in [4.78, 5) is 3.16. The summed E-state index contributed by atoms with van der Waals surface area (Å²) in [7, 11) is -0.775. The van der Waals surface area contributed by atoms with Gasteiger partial charge in [-0.05, 0) is 31.0 Å². The molecule has 0 saturated carbocycles. The lowest BCUT2D eigenvalue weighted by Gasteiger charge is -2.12. The number of hydrogen-bond donors (Lipinski definition) is 1. The van der Waals surface area contributed by atoms with Crippen LogP contribution in [0.1, 0.15) is 37.9 Å². The normalized spacial score (nSPS) is 13.3. The van der Waals surface area contributed by atoms with E-state index in [1.807, 2.05) is 12.2 Å². The fourth-order valence-electron chi connectivity index (χ4n) is 2.59. The van der Waals surface area contributed by atoms with Crippen LogP contribution in [-0.4, -0.2) is 31.8 Å². The van der Waals surface area contributed by atoms with Crippen LogP contribution in [0.15, 0.2) is 29.2 Å². The zero-order valence-electron chi connectivity index (χ0n) is 15.4. The molecule has 2 aromatic rings. The molecule has 1 aromatic heterocycles. The molecule has 3 rings (SSSR count).